The van der Waals surface area contributed by atoms with Gasteiger partial charge in [0.15, 0.2) is 0 Å². The van der Waals surface area contributed by atoms with Crippen molar-refractivity contribution in [2.75, 3.05) is 6.54 Å². The van der Waals surface area contributed by atoms with Crippen LogP contribution in [0.1, 0.15) is 37.8 Å². The minimum Gasteiger partial charge on any atom is -0.298 e. The van der Waals surface area contributed by atoms with Crippen LogP contribution in [0, 0.1) is 6.92 Å². The van der Waals surface area contributed by atoms with Crippen LogP contribution < -0.4 is 0 Å². The van der Waals surface area contributed by atoms with Crippen LogP contribution in [0.25, 0.3) is 0 Å². The molecule has 0 aliphatic carbocycles. The number of Topliss-reactive ketones (excluding diaryl/α,β-unsaturated/α-hetero) is 1. The van der Waals surface area contributed by atoms with Crippen molar-refractivity contribution in [3.05, 3.63) is 35.4 Å². The number of piperidine rings is 1. The van der Waals surface area contributed by atoms with E-state index in [-0.39, 0.29) is 5.54 Å². The topological polar surface area (TPSA) is 20.3 Å². The maximum atomic E-state index is 11.6. The van der Waals surface area contributed by atoms with Gasteiger partial charge < -0.3 is 0 Å². The Labute approximate surface area is 104 Å². The summed E-state index contributed by atoms with van der Waals surface area (Å²) in [6.07, 6.45) is 1.70. The van der Waals surface area contributed by atoms with Gasteiger partial charge >= 0.3 is 0 Å². The molecule has 2 heteroatoms. The van der Waals surface area contributed by atoms with Gasteiger partial charge in [0.1, 0.15) is 5.78 Å². The molecule has 0 saturated carbocycles. The van der Waals surface area contributed by atoms with Crippen molar-refractivity contribution in [1.82, 2.24) is 4.90 Å². The largest absolute Gasteiger partial charge is 0.298 e. The average molecular weight is 231 g/mol. The number of nitrogens with zero attached hydrogens (tertiary/aromatic N) is 1. The second-order valence-corrected chi connectivity index (χ2v) is 5.63. The molecule has 2 nitrogen and oxygen atoms in total. The summed E-state index contributed by atoms with van der Waals surface area (Å²) in [5.74, 6) is 0.373. The van der Waals surface area contributed by atoms with E-state index in [4.69, 9.17) is 0 Å². The summed E-state index contributed by atoms with van der Waals surface area (Å²) in [5, 5.41) is 0. The summed E-state index contributed by atoms with van der Waals surface area (Å²) in [5.41, 5.74) is 2.77. The molecule has 0 amide bonds. The zero-order valence-electron chi connectivity index (χ0n) is 11.0. The van der Waals surface area contributed by atoms with Gasteiger partial charge in [0, 0.05) is 18.5 Å². The molecular formula is C15H21NO. The van der Waals surface area contributed by atoms with E-state index in [1.54, 1.807) is 0 Å². The SMILES string of the molecule is Cc1ccccc1CN1CC(=O)CCC1(C)C. The van der Waals surface area contributed by atoms with Gasteiger partial charge in [-0.3, -0.25) is 9.69 Å². The van der Waals surface area contributed by atoms with Crippen LogP contribution in [0.3, 0.4) is 0 Å². The fraction of sp³-hybridized carbons (Fsp3) is 0.533. The third kappa shape index (κ3) is 2.75. The molecule has 0 aromatic heterocycles. The van der Waals surface area contributed by atoms with Crippen molar-refractivity contribution in [3.63, 3.8) is 0 Å². The van der Waals surface area contributed by atoms with Gasteiger partial charge in [-0.05, 0) is 38.3 Å². The number of aryl methyl sites for hydroxylation is 1. The fourth-order valence-electron chi connectivity index (χ4n) is 2.37. The monoisotopic (exact) mass is 231 g/mol. The van der Waals surface area contributed by atoms with Crippen molar-refractivity contribution in [2.24, 2.45) is 0 Å². The number of hydrogen-bond acceptors (Lipinski definition) is 2. The molecule has 0 atom stereocenters. The Morgan fingerprint density at radius 2 is 2.00 bits per heavy atom. The van der Waals surface area contributed by atoms with Crippen molar-refractivity contribution >= 4 is 5.78 Å². The van der Waals surface area contributed by atoms with E-state index in [1.165, 1.54) is 11.1 Å². The first kappa shape index (κ1) is 12.3. The van der Waals surface area contributed by atoms with Gasteiger partial charge in [-0.25, -0.2) is 0 Å². The molecule has 1 aromatic rings. The van der Waals surface area contributed by atoms with Gasteiger partial charge in [0.2, 0.25) is 0 Å². The number of carbonyl (C=O) groups excluding carboxylic acids is 1. The van der Waals surface area contributed by atoms with Gasteiger partial charge in [0.25, 0.3) is 0 Å². The van der Waals surface area contributed by atoms with E-state index in [0.717, 1.165) is 19.4 Å². The molecule has 1 aliphatic rings. The van der Waals surface area contributed by atoms with Crippen molar-refractivity contribution in [3.8, 4) is 0 Å². The molecule has 1 saturated heterocycles. The molecule has 0 spiro atoms. The summed E-state index contributed by atoms with van der Waals surface area (Å²) in [6.45, 7) is 8.08. The standard InChI is InChI=1S/C15H21NO/c1-12-6-4-5-7-13(12)10-16-11-14(17)8-9-15(16,2)3/h4-7H,8-11H2,1-3H3. The minimum atomic E-state index is 0.135. The molecule has 1 aromatic carbocycles. The Bertz CT molecular complexity index is 423. The molecule has 0 radical (unpaired) electrons. The second-order valence-electron chi connectivity index (χ2n) is 5.63. The van der Waals surface area contributed by atoms with E-state index >= 15 is 0 Å². The maximum Gasteiger partial charge on any atom is 0.146 e. The van der Waals surface area contributed by atoms with Crippen LogP contribution in [-0.2, 0) is 11.3 Å². The van der Waals surface area contributed by atoms with Crippen molar-refractivity contribution in [2.45, 2.75) is 45.7 Å². The van der Waals surface area contributed by atoms with E-state index in [2.05, 4.69) is 49.9 Å². The Kier molecular flexibility index (Phi) is 3.34. The Balaban J connectivity index is 2.16. The first-order valence-electron chi connectivity index (χ1n) is 6.30. The van der Waals surface area contributed by atoms with Gasteiger partial charge in [-0.15, -0.1) is 0 Å². The highest BCUT2D eigenvalue weighted by molar-refractivity contribution is 5.81. The second kappa shape index (κ2) is 4.61. The lowest BCUT2D eigenvalue weighted by Gasteiger charge is -2.42. The smallest absolute Gasteiger partial charge is 0.146 e. The molecule has 1 fully saturated rings. The van der Waals surface area contributed by atoms with E-state index in [0.29, 0.717) is 12.3 Å². The number of benzene rings is 1. The van der Waals surface area contributed by atoms with Crippen LogP contribution in [0.5, 0.6) is 0 Å². The molecule has 17 heavy (non-hydrogen) atoms. The molecule has 1 heterocycles. The molecule has 0 N–H and O–H groups in total. The zero-order valence-corrected chi connectivity index (χ0v) is 11.0. The first-order chi connectivity index (χ1) is 7.99. The zero-order chi connectivity index (χ0) is 12.5. The van der Waals surface area contributed by atoms with Crippen LogP contribution in [0.4, 0.5) is 0 Å². The normalized spacial score (nSPS) is 20.5. The van der Waals surface area contributed by atoms with Crippen LogP contribution in [-0.4, -0.2) is 22.8 Å². The van der Waals surface area contributed by atoms with Crippen LogP contribution in [0.15, 0.2) is 24.3 Å². The number of rotatable bonds is 2. The summed E-state index contributed by atoms with van der Waals surface area (Å²) in [7, 11) is 0. The molecule has 92 valence electrons. The van der Waals surface area contributed by atoms with Crippen LogP contribution >= 0.6 is 0 Å². The Morgan fingerprint density at radius 3 is 2.71 bits per heavy atom. The lowest BCUT2D eigenvalue weighted by atomic mass is 9.89. The summed E-state index contributed by atoms with van der Waals surface area (Å²) < 4.78 is 0. The summed E-state index contributed by atoms with van der Waals surface area (Å²) in [6, 6.07) is 8.42. The molecule has 0 unspecified atom stereocenters. The summed E-state index contributed by atoms with van der Waals surface area (Å²) >= 11 is 0. The maximum absolute atomic E-state index is 11.6. The average Bonchev–Trinajstić information content (AvgIpc) is 2.27. The third-order valence-electron chi connectivity index (χ3n) is 3.86. The number of hydrogen-bond donors (Lipinski definition) is 0. The Hall–Kier alpha value is -1.15. The minimum absolute atomic E-state index is 0.135. The van der Waals surface area contributed by atoms with Crippen molar-refractivity contribution in [1.29, 1.82) is 0 Å². The number of carbonyl (C=O) groups is 1. The number of likely N-dealkylation sites (tertiary alicyclic amines) is 1. The predicted octanol–water partition coefficient (Wildman–Crippen LogP) is 2.94. The van der Waals surface area contributed by atoms with Gasteiger partial charge in [-0.1, -0.05) is 24.3 Å². The lowest BCUT2D eigenvalue weighted by molar-refractivity contribution is -0.126. The fourth-order valence-corrected chi connectivity index (χ4v) is 2.37. The first-order valence-corrected chi connectivity index (χ1v) is 6.30. The highest BCUT2D eigenvalue weighted by Gasteiger charge is 2.33. The van der Waals surface area contributed by atoms with Crippen LogP contribution in [0.2, 0.25) is 0 Å². The third-order valence-corrected chi connectivity index (χ3v) is 3.86. The molecular weight excluding hydrogens is 210 g/mol. The molecule has 2 rings (SSSR count). The van der Waals surface area contributed by atoms with E-state index < -0.39 is 0 Å². The number of ketones is 1. The quantitative estimate of drug-likeness (QED) is 0.780. The Morgan fingerprint density at radius 1 is 1.29 bits per heavy atom. The van der Waals surface area contributed by atoms with Gasteiger partial charge in [-0.2, -0.15) is 0 Å². The lowest BCUT2D eigenvalue weighted by Crippen LogP contribution is -2.50. The summed E-state index contributed by atoms with van der Waals surface area (Å²) in [4.78, 5) is 13.9. The molecule has 1 aliphatic heterocycles. The van der Waals surface area contributed by atoms with Crippen molar-refractivity contribution < 1.29 is 4.79 Å². The predicted molar refractivity (Wildman–Crippen MR) is 69.9 cm³/mol. The van der Waals surface area contributed by atoms with E-state index in [1.807, 2.05) is 0 Å². The highest BCUT2D eigenvalue weighted by Crippen LogP contribution is 2.27. The van der Waals surface area contributed by atoms with Gasteiger partial charge in [0.05, 0.1) is 6.54 Å². The van der Waals surface area contributed by atoms with E-state index in [9.17, 15) is 4.79 Å². The molecule has 0 bridgehead atoms. The highest BCUT2D eigenvalue weighted by atomic mass is 16.1.